The van der Waals surface area contributed by atoms with Gasteiger partial charge in [-0.25, -0.2) is 9.38 Å². The highest BCUT2D eigenvalue weighted by atomic mass is 32.2. The van der Waals surface area contributed by atoms with E-state index in [0.29, 0.717) is 15.8 Å². The summed E-state index contributed by atoms with van der Waals surface area (Å²) < 4.78 is 13.5. The van der Waals surface area contributed by atoms with E-state index >= 15 is 0 Å². The van der Waals surface area contributed by atoms with E-state index < -0.39 is 0 Å². The molecule has 0 saturated carbocycles. The Balaban J connectivity index is 1.63. The minimum atomic E-state index is -0.347. The van der Waals surface area contributed by atoms with Gasteiger partial charge in [0.1, 0.15) is 10.7 Å². The highest BCUT2D eigenvalue weighted by molar-refractivity contribution is 8.20. The van der Waals surface area contributed by atoms with Gasteiger partial charge in [0.05, 0.1) is 22.1 Å². The molecule has 2 aliphatic heterocycles. The number of nitrogens with zero attached hydrogens (tertiary/aromatic N) is 3. The zero-order valence-corrected chi connectivity index (χ0v) is 18.5. The molecular formula is C24H18FN3OS2. The fourth-order valence-electron chi connectivity index (χ4n) is 3.49. The fraction of sp³-hybridized carbons (Fsp3) is 0.0833. The number of aliphatic imine (C=N–C) groups is 1. The van der Waals surface area contributed by atoms with E-state index in [1.54, 1.807) is 28.8 Å². The van der Waals surface area contributed by atoms with E-state index in [0.717, 1.165) is 26.9 Å². The average molecular weight is 448 g/mol. The van der Waals surface area contributed by atoms with Gasteiger partial charge in [0, 0.05) is 11.9 Å². The Morgan fingerprint density at radius 2 is 1.61 bits per heavy atom. The molecule has 0 radical (unpaired) electrons. The Morgan fingerprint density at radius 1 is 0.903 bits per heavy atom. The lowest BCUT2D eigenvalue weighted by Crippen LogP contribution is -2.29. The summed E-state index contributed by atoms with van der Waals surface area (Å²) in [7, 11) is 1.97. The van der Waals surface area contributed by atoms with Gasteiger partial charge < -0.3 is 4.90 Å². The van der Waals surface area contributed by atoms with Crippen LogP contribution in [0.3, 0.4) is 0 Å². The van der Waals surface area contributed by atoms with Gasteiger partial charge in [0.2, 0.25) is 0 Å². The Morgan fingerprint density at radius 3 is 2.35 bits per heavy atom. The Hall–Kier alpha value is -3.03. The number of benzene rings is 3. The molecule has 0 aliphatic carbocycles. The first-order valence-corrected chi connectivity index (χ1v) is 11.3. The third-order valence-corrected chi connectivity index (χ3v) is 7.52. The van der Waals surface area contributed by atoms with Gasteiger partial charge in [0.25, 0.3) is 5.91 Å². The second kappa shape index (κ2) is 7.90. The number of carbonyl (C=O) groups excluding carboxylic acids is 1. The molecule has 3 aromatic rings. The van der Waals surface area contributed by atoms with Crippen molar-refractivity contribution in [1.82, 2.24) is 0 Å². The SMILES string of the molecule is Cc1ccccc1N=C1SC(=C2Sc3ccccc3N2C)C(=O)N1c1ccc(F)cc1. The quantitative estimate of drug-likeness (QED) is 0.431. The summed E-state index contributed by atoms with van der Waals surface area (Å²) in [5.41, 5.74) is 3.47. The fourth-order valence-corrected chi connectivity index (χ4v) is 5.83. The number of anilines is 2. The number of carbonyl (C=O) groups is 1. The molecule has 0 aromatic heterocycles. The summed E-state index contributed by atoms with van der Waals surface area (Å²) in [6.07, 6.45) is 0. The molecule has 5 rings (SSSR count). The zero-order valence-electron chi connectivity index (χ0n) is 16.9. The second-order valence-corrected chi connectivity index (χ2v) is 9.17. The maximum absolute atomic E-state index is 13.6. The van der Waals surface area contributed by atoms with E-state index in [2.05, 4.69) is 0 Å². The highest BCUT2D eigenvalue weighted by Crippen LogP contribution is 2.50. The van der Waals surface area contributed by atoms with Crippen LogP contribution in [0.4, 0.5) is 21.5 Å². The monoisotopic (exact) mass is 447 g/mol. The smallest absolute Gasteiger partial charge is 0.274 e. The molecular weight excluding hydrogens is 429 g/mol. The maximum Gasteiger partial charge on any atom is 0.274 e. The van der Waals surface area contributed by atoms with Crippen molar-refractivity contribution >= 4 is 51.7 Å². The van der Waals surface area contributed by atoms with E-state index in [4.69, 9.17) is 4.99 Å². The number of hydrogen-bond acceptors (Lipinski definition) is 5. The minimum absolute atomic E-state index is 0.161. The van der Waals surface area contributed by atoms with Crippen molar-refractivity contribution in [3.63, 3.8) is 0 Å². The third kappa shape index (κ3) is 3.54. The topological polar surface area (TPSA) is 35.9 Å². The summed E-state index contributed by atoms with van der Waals surface area (Å²) in [6, 6.07) is 21.8. The molecule has 1 fully saturated rings. The number of halogens is 1. The van der Waals surface area contributed by atoms with Gasteiger partial charge in [-0.3, -0.25) is 9.69 Å². The van der Waals surface area contributed by atoms with Crippen LogP contribution in [0.25, 0.3) is 0 Å². The van der Waals surface area contributed by atoms with Crippen LogP contribution < -0.4 is 9.80 Å². The van der Waals surface area contributed by atoms with Crippen molar-refractivity contribution in [2.45, 2.75) is 11.8 Å². The van der Waals surface area contributed by atoms with Gasteiger partial charge in [-0.15, -0.1) is 0 Å². The van der Waals surface area contributed by atoms with Crippen molar-refractivity contribution in [2.24, 2.45) is 4.99 Å². The van der Waals surface area contributed by atoms with Crippen LogP contribution in [0, 0.1) is 12.7 Å². The molecule has 0 spiro atoms. The molecule has 1 amide bonds. The molecule has 4 nitrogen and oxygen atoms in total. The average Bonchev–Trinajstić information content (AvgIpc) is 3.27. The van der Waals surface area contributed by atoms with E-state index in [1.165, 1.54) is 23.9 Å². The Kier molecular flexibility index (Phi) is 5.08. The number of thioether (sulfide) groups is 2. The normalized spacial score (nSPS) is 19.5. The first-order chi connectivity index (χ1) is 15.0. The van der Waals surface area contributed by atoms with Crippen LogP contribution in [0.1, 0.15) is 5.56 Å². The summed E-state index contributed by atoms with van der Waals surface area (Å²) >= 11 is 2.93. The Labute approximate surface area is 188 Å². The Bertz CT molecular complexity index is 1250. The summed E-state index contributed by atoms with van der Waals surface area (Å²) in [5.74, 6) is -0.508. The maximum atomic E-state index is 13.6. The molecule has 0 N–H and O–H groups in total. The predicted octanol–water partition coefficient (Wildman–Crippen LogP) is 6.31. The number of para-hydroxylation sites is 2. The van der Waals surface area contributed by atoms with Gasteiger partial charge in [-0.2, -0.15) is 0 Å². The van der Waals surface area contributed by atoms with E-state index in [9.17, 15) is 9.18 Å². The molecule has 31 heavy (non-hydrogen) atoms. The summed E-state index contributed by atoms with van der Waals surface area (Å²) in [4.78, 5) is 23.7. The summed E-state index contributed by atoms with van der Waals surface area (Å²) in [5, 5.41) is 1.43. The molecule has 3 aromatic carbocycles. The molecule has 7 heteroatoms. The first kappa shape index (κ1) is 19.9. The number of amides is 1. The standard InChI is InChI=1S/C24H18FN3OS2/c1-15-7-3-4-8-18(15)26-24-28(17-13-11-16(25)12-14-17)22(29)21(31-24)23-27(2)19-9-5-6-10-20(19)30-23/h3-14H,1-2H3. The number of amidine groups is 1. The number of aryl methyl sites for hydroxylation is 1. The van der Waals surface area contributed by atoms with Crippen molar-refractivity contribution in [1.29, 1.82) is 0 Å². The minimum Gasteiger partial charge on any atom is -0.337 e. The molecule has 0 bridgehead atoms. The molecule has 154 valence electrons. The van der Waals surface area contributed by atoms with Crippen LogP contribution in [0.15, 0.2) is 92.6 Å². The van der Waals surface area contributed by atoms with Crippen molar-refractivity contribution in [3.8, 4) is 0 Å². The largest absolute Gasteiger partial charge is 0.337 e. The van der Waals surface area contributed by atoms with Crippen molar-refractivity contribution < 1.29 is 9.18 Å². The van der Waals surface area contributed by atoms with Gasteiger partial charge in [-0.05, 0) is 66.7 Å². The number of rotatable bonds is 2. The van der Waals surface area contributed by atoms with Crippen LogP contribution >= 0.6 is 23.5 Å². The van der Waals surface area contributed by atoms with E-state index in [-0.39, 0.29) is 11.7 Å². The molecule has 2 heterocycles. The number of fused-ring (bicyclic) bond motifs is 1. The number of hydrogen-bond donors (Lipinski definition) is 0. The summed E-state index contributed by atoms with van der Waals surface area (Å²) in [6.45, 7) is 1.99. The van der Waals surface area contributed by atoms with Crippen LogP contribution in [-0.2, 0) is 4.79 Å². The third-order valence-electron chi connectivity index (χ3n) is 5.13. The first-order valence-electron chi connectivity index (χ1n) is 9.70. The van der Waals surface area contributed by atoms with Crippen LogP contribution in [0.2, 0.25) is 0 Å². The molecule has 0 atom stereocenters. The van der Waals surface area contributed by atoms with Gasteiger partial charge in [0.15, 0.2) is 5.17 Å². The lowest BCUT2D eigenvalue weighted by Gasteiger charge is -2.17. The van der Waals surface area contributed by atoms with E-state index in [1.807, 2.05) is 67.4 Å². The van der Waals surface area contributed by atoms with Crippen molar-refractivity contribution in [2.75, 3.05) is 16.8 Å². The second-order valence-electron chi connectivity index (χ2n) is 7.16. The lowest BCUT2D eigenvalue weighted by atomic mass is 10.2. The zero-order chi connectivity index (χ0) is 21.5. The molecule has 0 unspecified atom stereocenters. The van der Waals surface area contributed by atoms with Gasteiger partial charge in [-0.1, -0.05) is 42.1 Å². The lowest BCUT2D eigenvalue weighted by molar-refractivity contribution is -0.113. The van der Waals surface area contributed by atoms with Crippen LogP contribution in [-0.4, -0.2) is 18.1 Å². The van der Waals surface area contributed by atoms with Gasteiger partial charge >= 0.3 is 0 Å². The molecule has 2 aliphatic rings. The highest BCUT2D eigenvalue weighted by Gasteiger charge is 2.40. The van der Waals surface area contributed by atoms with Crippen LogP contribution in [0.5, 0.6) is 0 Å². The van der Waals surface area contributed by atoms with Crippen molar-refractivity contribution in [3.05, 3.63) is 94.1 Å². The predicted molar refractivity (Wildman–Crippen MR) is 127 cm³/mol. The molecule has 1 saturated heterocycles.